The third kappa shape index (κ3) is 4.73. The highest BCUT2D eigenvalue weighted by atomic mass is 32.1. The van der Waals surface area contributed by atoms with Gasteiger partial charge in [0.2, 0.25) is 5.91 Å². The molecule has 1 aromatic heterocycles. The van der Waals surface area contributed by atoms with Gasteiger partial charge < -0.3 is 9.64 Å². The maximum atomic E-state index is 14.3. The quantitative estimate of drug-likeness (QED) is 0.523. The standard InChI is InChI=1S/C20H17F3N2O3S/c1-2-28-18(27)10-9-17(26)25(14-6-4-3-5-12(14)21)11-16-24-20-15(29-16)8-7-13(22)19(20)23/h3-8H,2,9-11H2,1H3. The largest absolute Gasteiger partial charge is 0.466 e. The molecule has 1 amide bonds. The number of hydrogen-bond acceptors (Lipinski definition) is 5. The number of carbonyl (C=O) groups excluding carboxylic acids is 2. The normalized spacial score (nSPS) is 10.9. The second-order valence-corrected chi connectivity index (χ2v) is 7.17. The van der Waals surface area contributed by atoms with Crippen LogP contribution in [0.25, 0.3) is 10.2 Å². The summed E-state index contributed by atoms with van der Waals surface area (Å²) >= 11 is 1.07. The molecular formula is C20H17F3N2O3S. The molecule has 0 aliphatic heterocycles. The number of hydrogen-bond donors (Lipinski definition) is 0. The number of halogens is 3. The van der Waals surface area contributed by atoms with Crippen molar-refractivity contribution in [3.8, 4) is 0 Å². The number of nitrogens with zero attached hydrogens (tertiary/aromatic N) is 2. The predicted molar refractivity (Wildman–Crippen MR) is 103 cm³/mol. The second-order valence-electron chi connectivity index (χ2n) is 6.05. The molecule has 0 unspecified atom stereocenters. The van der Waals surface area contributed by atoms with E-state index in [4.69, 9.17) is 4.74 Å². The van der Waals surface area contributed by atoms with Crippen molar-refractivity contribution in [1.29, 1.82) is 0 Å². The summed E-state index contributed by atoms with van der Waals surface area (Å²) in [6.07, 6.45) is -0.349. The molecule has 0 aliphatic carbocycles. The van der Waals surface area contributed by atoms with Crippen molar-refractivity contribution in [1.82, 2.24) is 4.98 Å². The van der Waals surface area contributed by atoms with Crippen molar-refractivity contribution in [3.63, 3.8) is 0 Å². The number of amides is 1. The lowest BCUT2D eigenvalue weighted by Gasteiger charge is -2.22. The van der Waals surface area contributed by atoms with E-state index in [0.717, 1.165) is 22.3 Å². The minimum absolute atomic E-state index is 0.00673. The summed E-state index contributed by atoms with van der Waals surface area (Å²) in [5.74, 6) is -3.78. The summed E-state index contributed by atoms with van der Waals surface area (Å²) in [4.78, 5) is 29.5. The zero-order chi connectivity index (χ0) is 21.0. The van der Waals surface area contributed by atoms with E-state index >= 15 is 0 Å². The number of thiazole rings is 1. The molecule has 5 nitrogen and oxygen atoms in total. The Labute approximate surface area is 168 Å². The SMILES string of the molecule is CCOC(=O)CCC(=O)N(Cc1nc2c(F)c(F)ccc2s1)c1ccccc1F. The number of rotatable bonds is 7. The van der Waals surface area contributed by atoms with Gasteiger partial charge in [-0.25, -0.2) is 18.2 Å². The Hall–Kier alpha value is -2.94. The molecule has 0 fully saturated rings. The molecule has 0 bridgehead atoms. The van der Waals surface area contributed by atoms with Crippen LogP contribution in [0, 0.1) is 17.5 Å². The number of aromatic nitrogens is 1. The Morgan fingerprint density at radius 2 is 1.83 bits per heavy atom. The zero-order valence-corrected chi connectivity index (χ0v) is 16.3. The summed E-state index contributed by atoms with van der Waals surface area (Å²) in [7, 11) is 0. The first-order valence-corrected chi connectivity index (χ1v) is 9.66. The highest BCUT2D eigenvalue weighted by Gasteiger charge is 2.23. The van der Waals surface area contributed by atoms with Crippen molar-refractivity contribution in [3.05, 3.63) is 58.9 Å². The minimum Gasteiger partial charge on any atom is -0.466 e. The van der Waals surface area contributed by atoms with Crippen LogP contribution < -0.4 is 4.90 Å². The fourth-order valence-electron chi connectivity index (χ4n) is 2.74. The Morgan fingerprint density at radius 3 is 2.55 bits per heavy atom. The van der Waals surface area contributed by atoms with Gasteiger partial charge >= 0.3 is 5.97 Å². The van der Waals surface area contributed by atoms with Gasteiger partial charge in [0, 0.05) is 6.42 Å². The van der Waals surface area contributed by atoms with Crippen LogP contribution >= 0.6 is 11.3 Å². The fraction of sp³-hybridized carbons (Fsp3) is 0.250. The molecule has 152 valence electrons. The molecule has 0 N–H and O–H groups in total. The molecule has 3 rings (SSSR count). The van der Waals surface area contributed by atoms with Crippen LogP contribution in [-0.2, 0) is 20.9 Å². The third-order valence-electron chi connectivity index (χ3n) is 4.08. The average molecular weight is 422 g/mol. The topological polar surface area (TPSA) is 59.5 Å². The van der Waals surface area contributed by atoms with Crippen molar-refractivity contribution in [2.45, 2.75) is 26.3 Å². The first kappa shape index (κ1) is 20.8. The molecule has 3 aromatic rings. The summed E-state index contributed by atoms with van der Waals surface area (Å²) in [5.41, 5.74) is -0.135. The molecule has 2 aromatic carbocycles. The molecular weight excluding hydrogens is 405 g/mol. The van der Waals surface area contributed by atoms with E-state index in [2.05, 4.69) is 4.98 Å². The van der Waals surface area contributed by atoms with E-state index in [9.17, 15) is 22.8 Å². The lowest BCUT2D eigenvalue weighted by atomic mass is 10.2. The smallest absolute Gasteiger partial charge is 0.306 e. The lowest BCUT2D eigenvalue weighted by molar-refractivity contribution is -0.144. The molecule has 29 heavy (non-hydrogen) atoms. The summed E-state index contributed by atoms with van der Waals surface area (Å²) in [6, 6.07) is 8.07. The summed E-state index contributed by atoms with van der Waals surface area (Å²) in [5, 5.41) is 0.303. The van der Waals surface area contributed by atoms with Crippen molar-refractivity contribution in [2.75, 3.05) is 11.5 Å². The number of carbonyl (C=O) groups is 2. The van der Waals surface area contributed by atoms with Crippen LogP contribution in [0.1, 0.15) is 24.8 Å². The zero-order valence-electron chi connectivity index (χ0n) is 15.5. The van der Waals surface area contributed by atoms with E-state index in [1.165, 1.54) is 24.3 Å². The van der Waals surface area contributed by atoms with E-state index in [1.54, 1.807) is 13.0 Å². The monoisotopic (exact) mass is 422 g/mol. The number of para-hydroxylation sites is 1. The van der Waals surface area contributed by atoms with E-state index < -0.39 is 29.3 Å². The van der Waals surface area contributed by atoms with Gasteiger partial charge in [-0.3, -0.25) is 9.59 Å². The molecule has 0 saturated heterocycles. The summed E-state index contributed by atoms with van der Waals surface area (Å²) in [6.45, 7) is 1.70. The first-order valence-electron chi connectivity index (χ1n) is 8.84. The van der Waals surface area contributed by atoms with Gasteiger partial charge in [0.15, 0.2) is 11.6 Å². The highest BCUT2D eigenvalue weighted by molar-refractivity contribution is 7.18. The molecule has 0 spiro atoms. The lowest BCUT2D eigenvalue weighted by Crippen LogP contribution is -2.31. The van der Waals surface area contributed by atoms with E-state index in [-0.39, 0.29) is 37.2 Å². The third-order valence-corrected chi connectivity index (χ3v) is 5.09. The van der Waals surface area contributed by atoms with Gasteiger partial charge in [0.25, 0.3) is 0 Å². The van der Waals surface area contributed by atoms with Crippen LogP contribution in [0.5, 0.6) is 0 Å². The van der Waals surface area contributed by atoms with Crippen LogP contribution in [0.2, 0.25) is 0 Å². The maximum absolute atomic E-state index is 14.3. The van der Waals surface area contributed by atoms with Crippen LogP contribution in [0.4, 0.5) is 18.9 Å². The molecule has 0 radical (unpaired) electrons. The van der Waals surface area contributed by atoms with Crippen molar-refractivity contribution < 1.29 is 27.5 Å². The average Bonchev–Trinajstić information content (AvgIpc) is 3.12. The van der Waals surface area contributed by atoms with Crippen LogP contribution in [0.3, 0.4) is 0 Å². The van der Waals surface area contributed by atoms with Gasteiger partial charge in [0.05, 0.1) is 30.0 Å². The van der Waals surface area contributed by atoms with Crippen LogP contribution in [-0.4, -0.2) is 23.5 Å². The molecule has 0 aliphatic rings. The highest BCUT2D eigenvalue weighted by Crippen LogP contribution is 2.29. The number of fused-ring (bicyclic) bond motifs is 1. The molecule has 9 heteroatoms. The number of anilines is 1. The maximum Gasteiger partial charge on any atom is 0.306 e. The Morgan fingerprint density at radius 1 is 1.07 bits per heavy atom. The fourth-order valence-corrected chi connectivity index (χ4v) is 3.69. The van der Waals surface area contributed by atoms with Crippen molar-refractivity contribution in [2.24, 2.45) is 0 Å². The Balaban J connectivity index is 1.89. The van der Waals surface area contributed by atoms with E-state index in [1.807, 2.05) is 0 Å². The number of benzene rings is 2. The second kappa shape index (κ2) is 9.04. The summed E-state index contributed by atoms with van der Waals surface area (Å²) < 4.78 is 46.9. The number of esters is 1. The van der Waals surface area contributed by atoms with Crippen molar-refractivity contribution >= 4 is 39.1 Å². The Kier molecular flexibility index (Phi) is 6.48. The predicted octanol–water partition coefficient (Wildman–Crippen LogP) is 4.59. The molecule has 1 heterocycles. The first-order chi connectivity index (χ1) is 13.9. The number of ether oxygens (including phenoxy) is 1. The van der Waals surface area contributed by atoms with Gasteiger partial charge in [-0.2, -0.15) is 0 Å². The van der Waals surface area contributed by atoms with Gasteiger partial charge in [-0.05, 0) is 31.2 Å². The Bertz CT molecular complexity index is 1050. The van der Waals surface area contributed by atoms with E-state index in [0.29, 0.717) is 9.71 Å². The van der Waals surface area contributed by atoms with Crippen LogP contribution in [0.15, 0.2) is 36.4 Å². The molecule has 0 saturated carbocycles. The van der Waals surface area contributed by atoms with Gasteiger partial charge in [-0.1, -0.05) is 12.1 Å². The van der Waals surface area contributed by atoms with Gasteiger partial charge in [0.1, 0.15) is 16.3 Å². The minimum atomic E-state index is -1.07. The molecule has 0 atom stereocenters. The van der Waals surface area contributed by atoms with Gasteiger partial charge in [-0.15, -0.1) is 11.3 Å².